The molecule has 6 nitrogen and oxygen atoms in total. The Labute approximate surface area is 114 Å². The van der Waals surface area contributed by atoms with Crippen LogP contribution in [0.1, 0.15) is 45.1 Å². The summed E-state index contributed by atoms with van der Waals surface area (Å²) in [6, 6.07) is 0.472. The topological polar surface area (TPSA) is 86.9 Å². The first-order valence-corrected chi connectivity index (χ1v) is 8.29. The molecule has 0 aliphatic heterocycles. The van der Waals surface area contributed by atoms with E-state index in [1.807, 2.05) is 13.8 Å². The molecule has 0 amide bonds. The van der Waals surface area contributed by atoms with Crippen LogP contribution >= 0.6 is 0 Å². The van der Waals surface area contributed by atoms with Crippen LogP contribution in [0.3, 0.4) is 0 Å². The lowest BCUT2D eigenvalue weighted by molar-refractivity contribution is 0.538. The Hall–Kier alpha value is -0.920. The van der Waals surface area contributed by atoms with E-state index in [1.54, 1.807) is 6.20 Å². The summed E-state index contributed by atoms with van der Waals surface area (Å²) in [5.74, 6) is 0. The standard InChI is InChI=1S/C12H22N4O2S/c1-3-4-9(2)16-19(17,18)12-10(8-14-15-12)7-13-11-5-6-11/h8-9,11,13,16H,3-7H2,1-2H3,(H,14,15). The van der Waals surface area contributed by atoms with E-state index < -0.39 is 10.0 Å². The molecule has 2 rings (SSSR count). The summed E-state index contributed by atoms with van der Waals surface area (Å²) in [6.07, 6.45) is 5.69. The van der Waals surface area contributed by atoms with Gasteiger partial charge in [-0.2, -0.15) is 5.10 Å². The van der Waals surface area contributed by atoms with Crippen molar-refractivity contribution >= 4 is 10.0 Å². The molecule has 1 atom stereocenters. The zero-order valence-corrected chi connectivity index (χ0v) is 12.3. The second kappa shape index (κ2) is 6.02. The van der Waals surface area contributed by atoms with Crippen LogP contribution in [-0.2, 0) is 16.6 Å². The highest BCUT2D eigenvalue weighted by atomic mass is 32.2. The molecule has 3 N–H and O–H groups in total. The van der Waals surface area contributed by atoms with Crippen molar-refractivity contribution in [1.29, 1.82) is 0 Å². The summed E-state index contributed by atoms with van der Waals surface area (Å²) < 4.78 is 27.2. The van der Waals surface area contributed by atoms with E-state index in [4.69, 9.17) is 0 Å². The van der Waals surface area contributed by atoms with Gasteiger partial charge in [0.05, 0.1) is 6.20 Å². The number of nitrogens with one attached hydrogen (secondary N) is 3. The van der Waals surface area contributed by atoms with Crippen molar-refractivity contribution in [2.75, 3.05) is 0 Å². The van der Waals surface area contributed by atoms with Gasteiger partial charge in [0.1, 0.15) is 0 Å². The summed E-state index contributed by atoms with van der Waals surface area (Å²) in [6.45, 7) is 4.45. The van der Waals surface area contributed by atoms with Crippen molar-refractivity contribution in [3.05, 3.63) is 11.8 Å². The summed E-state index contributed by atoms with van der Waals surface area (Å²) >= 11 is 0. The van der Waals surface area contributed by atoms with E-state index in [2.05, 4.69) is 20.2 Å². The third-order valence-electron chi connectivity index (χ3n) is 3.18. The maximum atomic E-state index is 12.2. The van der Waals surface area contributed by atoms with Gasteiger partial charge in [-0.05, 0) is 26.2 Å². The third-order valence-corrected chi connectivity index (χ3v) is 4.79. The van der Waals surface area contributed by atoms with Crippen molar-refractivity contribution in [3.8, 4) is 0 Å². The van der Waals surface area contributed by atoms with E-state index >= 15 is 0 Å². The molecule has 1 aliphatic rings. The second-order valence-electron chi connectivity index (χ2n) is 5.19. The van der Waals surface area contributed by atoms with Gasteiger partial charge in [0.15, 0.2) is 5.03 Å². The van der Waals surface area contributed by atoms with Crippen molar-refractivity contribution in [2.45, 2.75) is 63.2 Å². The van der Waals surface area contributed by atoms with Crippen LogP contribution in [0.25, 0.3) is 0 Å². The SMILES string of the molecule is CCCC(C)NS(=O)(=O)c1[nH]ncc1CNC1CC1. The van der Waals surface area contributed by atoms with Crippen molar-refractivity contribution in [3.63, 3.8) is 0 Å². The fraction of sp³-hybridized carbons (Fsp3) is 0.750. The molecular weight excluding hydrogens is 264 g/mol. The van der Waals surface area contributed by atoms with E-state index in [9.17, 15) is 8.42 Å². The molecule has 7 heteroatoms. The number of H-pyrrole nitrogens is 1. The van der Waals surface area contributed by atoms with Crippen LogP contribution in [0.15, 0.2) is 11.2 Å². The van der Waals surface area contributed by atoms with Crippen molar-refractivity contribution < 1.29 is 8.42 Å². The molecular formula is C12H22N4O2S. The number of aromatic amines is 1. The maximum absolute atomic E-state index is 12.2. The molecule has 1 unspecified atom stereocenters. The zero-order chi connectivity index (χ0) is 13.9. The quantitative estimate of drug-likeness (QED) is 0.668. The number of nitrogens with zero attached hydrogens (tertiary/aromatic N) is 1. The summed E-state index contributed by atoms with van der Waals surface area (Å²) in [5.41, 5.74) is 0.697. The van der Waals surface area contributed by atoms with E-state index in [1.165, 1.54) is 12.8 Å². The molecule has 0 radical (unpaired) electrons. The predicted octanol–water partition coefficient (Wildman–Crippen LogP) is 1.13. The lowest BCUT2D eigenvalue weighted by Gasteiger charge is -2.13. The monoisotopic (exact) mass is 286 g/mol. The Balaban J connectivity index is 2.04. The minimum Gasteiger partial charge on any atom is -0.310 e. The molecule has 0 spiro atoms. The van der Waals surface area contributed by atoms with Gasteiger partial charge < -0.3 is 5.32 Å². The van der Waals surface area contributed by atoms with E-state index in [0.29, 0.717) is 18.2 Å². The number of hydrogen-bond acceptors (Lipinski definition) is 4. The zero-order valence-electron chi connectivity index (χ0n) is 11.4. The van der Waals surface area contributed by atoms with Crippen LogP contribution in [0.4, 0.5) is 0 Å². The van der Waals surface area contributed by atoms with Crippen molar-refractivity contribution in [1.82, 2.24) is 20.2 Å². The molecule has 1 heterocycles. The molecule has 0 bridgehead atoms. The maximum Gasteiger partial charge on any atom is 0.258 e. The summed E-state index contributed by atoms with van der Waals surface area (Å²) in [5, 5.41) is 9.93. The lowest BCUT2D eigenvalue weighted by Crippen LogP contribution is -2.33. The first-order chi connectivity index (χ1) is 9.03. The van der Waals surface area contributed by atoms with Gasteiger partial charge in [0.25, 0.3) is 10.0 Å². The molecule has 108 valence electrons. The molecule has 1 saturated carbocycles. The van der Waals surface area contributed by atoms with Gasteiger partial charge in [0, 0.05) is 24.2 Å². The normalized spacial score (nSPS) is 17.6. The third kappa shape index (κ3) is 4.02. The molecule has 1 aromatic heterocycles. The molecule has 19 heavy (non-hydrogen) atoms. The van der Waals surface area contributed by atoms with Crippen LogP contribution in [0.2, 0.25) is 0 Å². The number of rotatable bonds is 8. The Morgan fingerprint density at radius 1 is 1.53 bits per heavy atom. The largest absolute Gasteiger partial charge is 0.310 e. The van der Waals surface area contributed by atoms with Crippen molar-refractivity contribution in [2.24, 2.45) is 0 Å². The van der Waals surface area contributed by atoms with Gasteiger partial charge in [-0.1, -0.05) is 13.3 Å². The van der Waals surface area contributed by atoms with Gasteiger partial charge in [0.2, 0.25) is 0 Å². The second-order valence-corrected chi connectivity index (χ2v) is 6.84. The number of hydrogen-bond donors (Lipinski definition) is 3. The van der Waals surface area contributed by atoms with E-state index in [-0.39, 0.29) is 11.1 Å². The lowest BCUT2D eigenvalue weighted by atomic mass is 10.2. The van der Waals surface area contributed by atoms with E-state index in [0.717, 1.165) is 12.8 Å². The Morgan fingerprint density at radius 3 is 2.89 bits per heavy atom. The van der Waals surface area contributed by atoms with Crippen LogP contribution in [-0.4, -0.2) is 30.7 Å². The minimum absolute atomic E-state index is 0.0671. The number of sulfonamides is 1. The smallest absolute Gasteiger partial charge is 0.258 e. The average molecular weight is 286 g/mol. The Kier molecular flexibility index (Phi) is 4.59. The van der Waals surface area contributed by atoms with Gasteiger partial charge in [-0.25, -0.2) is 13.1 Å². The molecule has 1 aromatic rings. The first-order valence-electron chi connectivity index (χ1n) is 6.81. The van der Waals surface area contributed by atoms with Crippen LogP contribution < -0.4 is 10.0 Å². The summed E-state index contributed by atoms with van der Waals surface area (Å²) in [4.78, 5) is 0. The van der Waals surface area contributed by atoms with Gasteiger partial charge >= 0.3 is 0 Å². The van der Waals surface area contributed by atoms with Gasteiger partial charge in [-0.15, -0.1) is 0 Å². The number of aromatic nitrogens is 2. The molecule has 1 fully saturated rings. The molecule has 0 aromatic carbocycles. The molecule has 1 aliphatic carbocycles. The first kappa shape index (κ1) is 14.5. The highest BCUT2D eigenvalue weighted by molar-refractivity contribution is 7.89. The molecule has 0 saturated heterocycles. The van der Waals surface area contributed by atoms with Gasteiger partial charge in [-0.3, -0.25) is 5.10 Å². The fourth-order valence-corrected chi connectivity index (χ4v) is 3.42. The highest BCUT2D eigenvalue weighted by Gasteiger charge is 2.25. The van der Waals surface area contributed by atoms with Crippen LogP contribution in [0, 0.1) is 0 Å². The fourth-order valence-electron chi connectivity index (χ4n) is 2.02. The highest BCUT2D eigenvalue weighted by Crippen LogP contribution is 2.20. The minimum atomic E-state index is -3.50. The Morgan fingerprint density at radius 2 is 2.26 bits per heavy atom. The Bertz CT molecular complexity index is 508. The predicted molar refractivity (Wildman–Crippen MR) is 73.1 cm³/mol. The average Bonchev–Trinajstić information content (AvgIpc) is 3.02. The van der Waals surface area contributed by atoms with Crippen LogP contribution in [0.5, 0.6) is 0 Å². The summed E-state index contributed by atoms with van der Waals surface area (Å²) in [7, 11) is -3.50.